The number of carbonyl (C=O) groups excluding carboxylic acids is 1. The van der Waals surface area contributed by atoms with Crippen molar-refractivity contribution in [1.82, 2.24) is 5.32 Å². The van der Waals surface area contributed by atoms with E-state index >= 15 is 0 Å². The van der Waals surface area contributed by atoms with Crippen LogP contribution in [0.25, 0.3) is 0 Å². The van der Waals surface area contributed by atoms with Gasteiger partial charge in [-0.1, -0.05) is 6.92 Å². The van der Waals surface area contributed by atoms with Crippen LogP contribution in [0.4, 0.5) is 0 Å². The van der Waals surface area contributed by atoms with Crippen molar-refractivity contribution < 1.29 is 4.79 Å². The van der Waals surface area contributed by atoms with E-state index in [2.05, 4.69) is 10.3 Å². The van der Waals surface area contributed by atoms with Gasteiger partial charge in [-0.2, -0.15) is 0 Å². The summed E-state index contributed by atoms with van der Waals surface area (Å²) in [5.74, 6) is 0.525. The molecule has 0 spiro atoms. The van der Waals surface area contributed by atoms with E-state index in [9.17, 15) is 4.79 Å². The molecular formula is C9H17N3O. The van der Waals surface area contributed by atoms with E-state index in [0.717, 1.165) is 12.8 Å². The molecule has 1 atom stereocenters. The monoisotopic (exact) mass is 183 g/mol. The molecule has 1 unspecified atom stereocenters. The quantitative estimate of drug-likeness (QED) is 0.490. The minimum atomic E-state index is -0.347. The van der Waals surface area contributed by atoms with Gasteiger partial charge < -0.3 is 11.1 Å². The number of nitrogens with one attached hydrogen (secondary N) is 1. The highest BCUT2D eigenvalue weighted by atomic mass is 16.2. The summed E-state index contributed by atoms with van der Waals surface area (Å²) in [6.45, 7) is 3.69. The lowest BCUT2D eigenvalue weighted by Gasteiger charge is -2.07. The molecule has 1 aliphatic rings. The number of aliphatic imine (C=N–C) groups is 1. The highest BCUT2D eigenvalue weighted by molar-refractivity contribution is 5.87. The van der Waals surface area contributed by atoms with Gasteiger partial charge in [0.2, 0.25) is 5.91 Å². The Balaban J connectivity index is 2.36. The second kappa shape index (κ2) is 4.25. The molecule has 1 saturated carbocycles. The van der Waals surface area contributed by atoms with Crippen LogP contribution in [0.15, 0.2) is 4.99 Å². The Labute approximate surface area is 78.6 Å². The number of hydrogen-bond acceptors (Lipinski definition) is 2. The van der Waals surface area contributed by atoms with Crippen LogP contribution in [-0.4, -0.2) is 23.8 Å². The van der Waals surface area contributed by atoms with Gasteiger partial charge in [0.15, 0.2) is 0 Å². The largest absolute Gasteiger partial charge is 0.387 e. The molecule has 0 saturated heterocycles. The lowest BCUT2D eigenvalue weighted by Crippen LogP contribution is -2.34. The van der Waals surface area contributed by atoms with E-state index in [4.69, 9.17) is 5.73 Å². The molecule has 1 rings (SSSR count). The van der Waals surface area contributed by atoms with Crippen LogP contribution in [0.2, 0.25) is 0 Å². The van der Waals surface area contributed by atoms with Crippen molar-refractivity contribution in [2.75, 3.05) is 0 Å². The maximum Gasteiger partial charge on any atom is 0.244 e. The summed E-state index contributed by atoms with van der Waals surface area (Å²) < 4.78 is 0. The Morgan fingerprint density at radius 1 is 1.69 bits per heavy atom. The number of amidine groups is 1. The zero-order valence-corrected chi connectivity index (χ0v) is 8.21. The fourth-order valence-electron chi connectivity index (χ4n) is 0.948. The van der Waals surface area contributed by atoms with Gasteiger partial charge in [0.25, 0.3) is 0 Å². The molecule has 0 radical (unpaired) electrons. The van der Waals surface area contributed by atoms with Crippen LogP contribution >= 0.6 is 0 Å². The molecule has 0 aromatic rings. The van der Waals surface area contributed by atoms with Gasteiger partial charge in [-0.15, -0.1) is 0 Å². The SMILES string of the molecule is CCC(N)=NC(C)C(=O)NC1CC1. The Kier molecular flexibility index (Phi) is 3.28. The molecule has 1 amide bonds. The molecule has 74 valence electrons. The molecule has 0 aromatic carbocycles. The van der Waals surface area contributed by atoms with Gasteiger partial charge in [0, 0.05) is 12.5 Å². The van der Waals surface area contributed by atoms with E-state index in [-0.39, 0.29) is 11.9 Å². The van der Waals surface area contributed by atoms with Crippen molar-refractivity contribution in [1.29, 1.82) is 0 Å². The minimum absolute atomic E-state index is 0.0149. The third-order valence-corrected chi connectivity index (χ3v) is 2.02. The molecule has 0 aromatic heterocycles. The first-order valence-electron chi connectivity index (χ1n) is 4.76. The summed E-state index contributed by atoms with van der Waals surface area (Å²) >= 11 is 0. The molecule has 1 fully saturated rings. The van der Waals surface area contributed by atoms with E-state index < -0.39 is 0 Å². The van der Waals surface area contributed by atoms with Gasteiger partial charge in [-0.25, -0.2) is 0 Å². The summed E-state index contributed by atoms with van der Waals surface area (Å²) in [7, 11) is 0. The van der Waals surface area contributed by atoms with E-state index in [1.807, 2.05) is 6.92 Å². The number of carbonyl (C=O) groups is 1. The molecule has 0 heterocycles. The standard InChI is InChI=1S/C9H17N3O/c1-3-8(10)11-6(2)9(13)12-7-4-5-7/h6-7H,3-5H2,1-2H3,(H2,10,11)(H,12,13). The Hall–Kier alpha value is -1.06. The molecule has 1 aliphatic carbocycles. The number of nitrogens with two attached hydrogens (primary N) is 1. The number of nitrogens with zero attached hydrogens (tertiary/aromatic N) is 1. The second-order valence-corrected chi connectivity index (χ2v) is 3.43. The first-order valence-corrected chi connectivity index (χ1v) is 4.76. The Morgan fingerprint density at radius 3 is 2.77 bits per heavy atom. The first-order chi connectivity index (χ1) is 6.13. The van der Waals surface area contributed by atoms with Crippen molar-refractivity contribution in [3.05, 3.63) is 0 Å². The number of amides is 1. The zero-order chi connectivity index (χ0) is 9.84. The first kappa shape index (κ1) is 10.0. The van der Waals surface area contributed by atoms with Crippen LogP contribution < -0.4 is 11.1 Å². The van der Waals surface area contributed by atoms with Crippen LogP contribution in [-0.2, 0) is 4.79 Å². The highest BCUT2D eigenvalue weighted by Crippen LogP contribution is 2.18. The van der Waals surface area contributed by atoms with Crippen molar-refractivity contribution >= 4 is 11.7 Å². The second-order valence-electron chi connectivity index (χ2n) is 3.43. The molecule has 0 bridgehead atoms. The maximum absolute atomic E-state index is 11.4. The maximum atomic E-state index is 11.4. The van der Waals surface area contributed by atoms with Crippen LogP contribution in [0.5, 0.6) is 0 Å². The lowest BCUT2D eigenvalue weighted by molar-refractivity contribution is -0.122. The van der Waals surface area contributed by atoms with E-state index in [1.165, 1.54) is 0 Å². The third-order valence-electron chi connectivity index (χ3n) is 2.02. The zero-order valence-electron chi connectivity index (χ0n) is 8.21. The van der Waals surface area contributed by atoms with E-state index in [1.54, 1.807) is 6.92 Å². The van der Waals surface area contributed by atoms with Gasteiger partial charge in [0.1, 0.15) is 6.04 Å². The van der Waals surface area contributed by atoms with Crippen LogP contribution in [0.3, 0.4) is 0 Å². The summed E-state index contributed by atoms with van der Waals surface area (Å²) in [5, 5.41) is 2.88. The van der Waals surface area contributed by atoms with Gasteiger partial charge >= 0.3 is 0 Å². The van der Waals surface area contributed by atoms with Crippen molar-refractivity contribution in [2.24, 2.45) is 10.7 Å². The van der Waals surface area contributed by atoms with Crippen molar-refractivity contribution in [3.8, 4) is 0 Å². The normalized spacial score (nSPS) is 19.7. The molecule has 0 aliphatic heterocycles. The Morgan fingerprint density at radius 2 is 2.31 bits per heavy atom. The van der Waals surface area contributed by atoms with Gasteiger partial charge in [-0.05, 0) is 19.8 Å². The summed E-state index contributed by atoms with van der Waals surface area (Å²) in [5.41, 5.74) is 5.53. The fraction of sp³-hybridized carbons (Fsp3) is 0.778. The number of rotatable bonds is 4. The summed E-state index contributed by atoms with van der Waals surface area (Å²) in [6.07, 6.45) is 2.90. The Bertz CT molecular complexity index is 221. The molecule has 4 heteroatoms. The van der Waals surface area contributed by atoms with E-state index in [0.29, 0.717) is 18.3 Å². The predicted octanol–water partition coefficient (Wildman–Crippen LogP) is 0.421. The smallest absolute Gasteiger partial charge is 0.244 e. The van der Waals surface area contributed by atoms with Gasteiger partial charge in [-0.3, -0.25) is 9.79 Å². The summed E-state index contributed by atoms with van der Waals surface area (Å²) in [4.78, 5) is 15.4. The molecule has 13 heavy (non-hydrogen) atoms. The minimum Gasteiger partial charge on any atom is -0.387 e. The average Bonchev–Trinajstić information content (AvgIpc) is 2.87. The van der Waals surface area contributed by atoms with Crippen molar-refractivity contribution in [3.63, 3.8) is 0 Å². The van der Waals surface area contributed by atoms with Gasteiger partial charge in [0.05, 0.1) is 5.84 Å². The lowest BCUT2D eigenvalue weighted by atomic mass is 10.3. The predicted molar refractivity (Wildman–Crippen MR) is 52.5 cm³/mol. The van der Waals surface area contributed by atoms with Crippen molar-refractivity contribution in [2.45, 2.75) is 45.2 Å². The fourth-order valence-corrected chi connectivity index (χ4v) is 0.948. The summed E-state index contributed by atoms with van der Waals surface area (Å²) in [6, 6.07) is 0.0496. The highest BCUT2D eigenvalue weighted by Gasteiger charge is 2.25. The topological polar surface area (TPSA) is 67.5 Å². The molecular weight excluding hydrogens is 166 g/mol. The van der Waals surface area contributed by atoms with Crippen LogP contribution in [0, 0.1) is 0 Å². The average molecular weight is 183 g/mol. The van der Waals surface area contributed by atoms with Crippen LogP contribution in [0.1, 0.15) is 33.1 Å². The third kappa shape index (κ3) is 3.44. The number of hydrogen-bond donors (Lipinski definition) is 2. The molecule has 3 N–H and O–H groups in total. The molecule has 4 nitrogen and oxygen atoms in total.